The Morgan fingerprint density at radius 3 is 2.35 bits per heavy atom. The summed E-state index contributed by atoms with van der Waals surface area (Å²) in [5, 5.41) is 10.6. The third-order valence-electron chi connectivity index (χ3n) is 2.06. The Kier molecular flexibility index (Phi) is 6.73. The van der Waals surface area contributed by atoms with Gasteiger partial charge in [0.1, 0.15) is 0 Å². The van der Waals surface area contributed by atoms with Crippen LogP contribution in [-0.2, 0) is 4.12 Å². The van der Waals surface area contributed by atoms with E-state index >= 15 is 0 Å². The van der Waals surface area contributed by atoms with Gasteiger partial charge in [0.05, 0.1) is 0 Å². The minimum Gasteiger partial charge on any atom is -0.465 e. The number of hydrogen-bond donors (Lipinski definition) is 2. The zero-order valence-corrected chi connectivity index (χ0v) is 13.5. The largest absolute Gasteiger partial charge is 0.465 e. The Balaban J connectivity index is 3.80. The van der Waals surface area contributed by atoms with Gasteiger partial charge in [-0.15, -0.1) is 0 Å². The van der Waals surface area contributed by atoms with Crippen LogP contribution in [0, 0.1) is 0 Å². The van der Waals surface area contributed by atoms with Crippen LogP contribution >= 0.6 is 0 Å². The predicted octanol–water partition coefficient (Wildman–Crippen LogP) is 3.60. The lowest BCUT2D eigenvalue weighted by atomic mass is 10.3. The standard InChI is InChI=1S/C11H25NO3Si2/c1-16(2,3)15-17(4,5)10-8-6-7-9-12-11(13)14/h7,9,12H,6,8,10H2,1-5H3,(H,13,14). The molecule has 17 heavy (non-hydrogen) atoms. The van der Waals surface area contributed by atoms with Crippen LogP contribution in [0.3, 0.4) is 0 Å². The topological polar surface area (TPSA) is 58.6 Å². The number of rotatable bonds is 7. The Labute approximate surface area is 106 Å². The molecule has 0 aromatic heterocycles. The maximum Gasteiger partial charge on any atom is 0.408 e. The zero-order chi connectivity index (χ0) is 13.5. The van der Waals surface area contributed by atoms with Crippen molar-refractivity contribution in [3.05, 3.63) is 12.3 Å². The minimum atomic E-state index is -1.53. The second kappa shape index (κ2) is 6.98. The molecular formula is C11H25NO3Si2. The molecule has 0 aliphatic rings. The molecule has 6 heteroatoms. The van der Waals surface area contributed by atoms with Crippen molar-refractivity contribution in [3.8, 4) is 0 Å². The molecule has 0 unspecified atom stereocenters. The zero-order valence-electron chi connectivity index (χ0n) is 11.5. The smallest absolute Gasteiger partial charge is 0.408 e. The van der Waals surface area contributed by atoms with E-state index in [0.29, 0.717) is 0 Å². The van der Waals surface area contributed by atoms with Crippen LogP contribution in [0.1, 0.15) is 12.8 Å². The van der Waals surface area contributed by atoms with Crippen molar-refractivity contribution in [3.63, 3.8) is 0 Å². The van der Waals surface area contributed by atoms with Gasteiger partial charge < -0.3 is 9.22 Å². The van der Waals surface area contributed by atoms with E-state index in [2.05, 4.69) is 38.1 Å². The van der Waals surface area contributed by atoms with Gasteiger partial charge in [-0.05, 0) is 45.2 Å². The highest BCUT2D eigenvalue weighted by Gasteiger charge is 2.28. The lowest BCUT2D eigenvalue weighted by Gasteiger charge is -2.31. The van der Waals surface area contributed by atoms with Crippen LogP contribution in [0.5, 0.6) is 0 Å². The van der Waals surface area contributed by atoms with Gasteiger partial charge in [0.15, 0.2) is 16.6 Å². The maximum absolute atomic E-state index is 10.2. The first-order valence-corrected chi connectivity index (χ1v) is 12.5. The van der Waals surface area contributed by atoms with Crippen molar-refractivity contribution in [1.82, 2.24) is 5.32 Å². The molecule has 0 fully saturated rings. The summed E-state index contributed by atoms with van der Waals surface area (Å²) in [6.07, 6.45) is 4.27. The van der Waals surface area contributed by atoms with E-state index in [0.717, 1.165) is 18.9 Å². The van der Waals surface area contributed by atoms with Crippen LogP contribution in [0.25, 0.3) is 0 Å². The summed E-state index contributed by atoms with van der Waals surface area (Å²) in [7, 11) is -2.96. The summed E-state index contributed by atoms with van der Waals surface area (Å²) in [4.78, 5) is 10.2. The second-order valence-corrected chi connectivity index (χ2v) is 14.8. The number of unbranched alkanes of at least 4 members (excludes halogenated alkanes) is 1. The van der Waals surface area contributed by atoms with Gasteiger partial charge in [0, 0.05) is 6.20 Å². The van der Waals surface area contributed by atoms with Gasteiger partial charge in [-0.25, -0.2) is 4.79 Å². The third kappa shape index (κ3) is 11.7. The van der Waals surface area contributed by atoms with E-state index in [1.165, 1.54) is 6.20 Å². The van der Waals surface area contributed by atoms with Crippen LogP contribution in [-0.4, -0.2) is 27.8 Å². The molecule has 0 rings (SSSR count). The summed E-state index contributed by atoms with van der Waals surface area (Å²) in [5.74, 6) is 0. The molecule has 0 spiro atoms. The van der Waals surface area contributed by atoms with E-state index < -0.39 is 22.7 Å². The molecular weight excluding hydrogens is 250 g/mol. The average molecular weight is 275 g/mol. The molecule has 1 amide bonds. The molecule has 0 radical (unpaired) electrons. The Morgan fingerprint density at radius 1 is 1.29 bits per heavy atom. The van der Waals surface area contributed by atoms with Gasteiger partial charge in [-0.2, -0.15) is 0 Å². The Bertz CT molecular complexity index is 272. The first-order valence-electron chi connectivity index (χ1n) is 5.97. The fourth-order valence-electron chi connectivity index (χ4n) is 1.74. The molecule has 0 aliphatic heterocycles. The Morgan fingerprint density at radius 2 is 1.88 bits per heavy atom. The highest BCUT2D eigenvalue weighted by atomic mass is 28.4. The van der Waals surface area contributed by atoms with Gasteiger partial charge in [-0.1, -0.05) is 12.5 Å². The fraction of sp³-hybridized carbons (Fsp3) is 0.727. The van der Waals surface area contributed by atoms with Crippen molar-refractivity contribution in [2.45, 2.75) is 51.6 Å². The van der Waals surface area contributed by atoms with Crippen molar-refractivity contribution in [1.29, 1.82) is 0 Å². The maximum atomic E-state index is 10.2. The number of carboxylic acid groups (broad SMARTS) is 1. The number of nitrogens with one attached hydrogen (secondary N) is 1. The molecule has 0 heterocycles. The van der Waals surface area contributed by atoms with Gasteiger partial charge in [0.25, 0.3) is 0 Å². The fourth-order valence-corrected chi connectivity index (χ4v) is 9.83. The van der Waals surface area contributed by atoms with Crippen LogP contribution in [0.15, 0.2) is 12.3 Å². The van der Waals surface area contributed by atoms with E-state index in [1.54, 1.807) is 0 Å². The molecule has 4 nitrogen and oxygen atoms in total. The summed E-state index contributed by atoms with van der Waals surface area (Å²) in [5.41, 5.74) is 0. The SMILES string of the molecule is C[Si](C)(C)O[Si](C)(C)CCCC=CNC(=O)O. The van der Waals surface area contributed by atoms with Crippen molar-refractivity contribution in [2.24, 2.45) is 0 Å². The van der Waals surface area contributed by atoms with E-state index in [4.69, 9.17) is 9.22 Å². The molecule has 2 N–H and O–H groups in total. The molecule has 100 valence electrons. The summed E-state index contributed by atoms with van der Waals surface area (Å²) in [6.45, 7) is 11.2. The molecule has 0 aliphatic carbocycles. The molecule has 0 bridgehead atoms. The lowest BCUT2D eigenvalue weighted by Crippen LogP contribution is -2.42. The predicted molar refractivity (Wildman–Crippen MR) is 76.3 cm³/mol. The highest BCUT2D eigenvalue weighted by molar-refractivity contribution is 6.84. The summed E-state index contributed by atoms with van der Waals surface area (Å²) >= 11 is 0. The van der Waals surface area contributed by atoms with Gasteiger partial charge in [0.2, 0.25) is 0 Å². The third-order valence-corrected chi connectivity index (χ3v) is 8.27. The molecule has 0 atom stereocenters. The van der Waals surface area contributed by atoms with E-state index in [1.807, 2.05) is 6.08 Å². The molecule has 0 aromatic carbocycles. The van der Waals surface area contributed by atoms with Crippen molar-refractivity contribution < 1.29 is 14.0 Å². The normalized spacial score (nSPS) is 13.0. The Hall–Kier alpha value is -0.596. The monoisotopic (exact) mass is 275 g/mol. The van der Waals surface area contributed by atoms with Crippen molar-refractivity contribution in [2.75, 3.05) is 0 Å². The lowest BCUT2D eigenvalue weighted by molar-refractivity contribution is 0.198. The average Bonchev–Trinajstić information content (AvgIpc) is 2.06. The number of hydrogen-bond acceptors (Lipinski definition) is 2. The number of carbonyl (C=O) groups is 1. The first kappa shape index (κ1) is 16.4. The van der Waals surface area contributed by atoms with E-state index in [9.17, 15) is 4.79 Å². The van der Waals surface area contributed by atoms with Crippen LogP contribution in [0.4, 0.5) is 4.79 Å². The first-order chi connectivity index (χ1) is 7.62. The summed E-state index contributed by atoms with van der Waals surface area (Å²) < 4.78 is 6.21. The summed E-state index contributed by atoms with van der Waals surface area (Å²) in [6, 6.07) is 1.12. The highest BCUT2D eigenvalue weighted by Crippen LogP contribution is 2.20. The quantitative estimate of drug-likeness (QED) is 0.551. The second-order valence-electron chi connectivity index (χ2n) is 5.72. The van der Waals surface area contributed by atoms with E-state index in [-0.39, 0.29) is 0 Å². The number of amides is 1. The minimum absolute atomic E-state index is 0.895. The molecule has 0 aromatic rings. The van der Waals surface area contributed by atoms with Gasteiger partial charge in [-0.3, -0.25) is 5.32 Å². The molecule has 0 saturated heterocycles. The number of allylic oxidation sites excluding steroid dienone is 1. The molecule has 0 saturated carbocycles. The van der Waals surface area contributed by atoms with Crippen LogP contribution < -0.4 is 5.32 Å². The van der Waals surface area contributed by atoms with Crippen LogP contribution in [0.2, 0.25) is 38.8 Å². The van der Waals surface area contributed by atoms with Crippen molar-refractivity contribution >= 4 is 22.7 Å². The van der Waals surface area contributed by atoms with Gasteiger partial charge >= 0.3 is 6.09 Å².